The Kier molecular flexibility index (Phi) is 5.47. The fourth-order valence-corrected chi connectivity index (χ4v) is 3.89. The van der Waals surface area contributed by atoms with Crippen LogP contribution in [0.1, 0.15) is 77.0 Å². The van der Waals surface area contributed by atoms with Crippen molar-refractivity contribution in [2.75, 3.05) is 0 Å². The van der Waals surface area contributed by atoms with Gasteiger partial charge in [0.25, 0.3) is 0 Å². The maximum atomic E-state index is 11.7. The summed E-state index contributed by atoms with van der Waals surface area (Å²) in [6.45, 7) is 3.55. The third kappa shape index (κ3) is 4.36. The quantitative estimate of drug-likeness (QED) is 0.530. The average molecular weight is 264 g/mol. The van der Waals surface area contributed by atoms with Crippen LogP contribution in [0.2, 0.25) is 0 Å². The Hall–Kier alpha value is -0.790. The molecule has 0 radical (unpaired) electrons. The fraction of sp³-hybridized carbons (Fsp3) is 0.824. The third-order valence-corrected chi connectivity index (χ3v) is 4.88. The molecule has 2 rings (SSSR count). The third-order valence-electron chi connectivity index (χ3n) is 4.88. The zero-order chi connectivity index (χ0) is 13.6. The number of carbonyl (C=O) groups is 1. The number of esters is 1. The lowest BCUT2D eigenvalue weighted by molar-refractivity contribution is -0.157. The van der Waals surface area contributed by atoms with Gasteiger partial charge in [-0.1, -0.05) is 51.5 Å². The van der Waals surface area contributed by atoms with Gasteiger partial charge >= 0.3 is 5.97 Å². The molecule has 2 fully saturated rings. The van der Waals surface area contributed by atoms with E-state index in [4.69, 9.17) is 4.74 Å². The van der Waals surface area contributed by atoms with Crippen LogP contribution in [0.25, 0.3) is 0 Å². The molecule has 2 saturated carbocycles. The highest BCUT2D eigenvalue weighted by molar-refractivity contribution is 5.81. The highest BCUT2D eigenvalue weighted by Crippen LogP contribution is 2.40. The smallest absolute Gasteiger partial charge is 0.330 e. The van der Waals surface area contributed by atoms with Gasteiger partial charge in [0.05, 0.1) is 0 Å². The minimum atomic E-state index is -0.224. The van der Waals surface area contributed by atoms with Crippen molar-refractivity contribution in [2.45, 2.75) is 82.7 Å². The molecule has 0 spiro atoms. The van der Waals surface area contributed by atoms with Crippen molar-refractivity contribution in [3.05, 3.63) is 12.7 Å². The van der Waals surface area contributed by atoms with Gasteiger partial charge in [0.15, 0.2) is 0 Å². The maximum Gasteiger partial charge on any atom is 0.330 e. The Morgan fingerprint density at radius 1 is 1.00 bits per heavy atom. The maximum absolute atomic E-state index is 11.7. The molecule has 0 aromatic rings. The van der Waals surface area contributed by atoms with Crippen molar-refractivity contribution < 1.29 is 9.53 Å². The summed E-state index contributed by atoms with van der Waals surface area (Å²) in [5.74, 6) is 0.538. The van der Waals surface area contributed by atoms with E-state index in [1.165, 1.54) is 63.9 Å². The van der Waals surface area contributed by atoms with Gasteiger partial charge in [-0.25, -0.2) is 4.79 Å². The van der Waals surface area contributed by atoms with E-state index in [-0.39, 0.29) is 11.6 Å². The van der Waals surface area contributed by atoms with Crippen LogP contribution in [0.3, 0.4) is 0 Å². The standard InChI is InChI=1S/C17H28O2/c1-2-16(18)19-17-12-8-5-3-4-6-10-15(14-17)11-7-9-13-17/h2,15H,1,3-14H2. The molecule has 0 aliphatic heterocycles. The molecule has 2 heteroatoms. The molecular formula is C17H28O2. The number of fused-ring (bicyclic) bond motifs is 2. The van der Waals surface area contributed by atoms with Gasteiger partial charge < -0.3 is 4.74 Å². The summed E-state index contributed by atoms with van der Waals surface area (Å²) in [4.78, 5) is 11.7. The first kappa shape index (κ1) is 14.6. The fourth-order valence-electron chi connectivity index (χ4n) is 3.89. The molecule has 0 heterocycles. The summed E-state index contributed by atoms with van der Waals surface area (Å²) in [6.07, 6.45) is 16.3. The normalized spacial score (nSPS) is 32.9. The second-order valence-corrected chi connectivity index (χ2v) is 6.43. The van der Waals surface area contributed by atoms with E-state index in [0.29, 0.717) is 0 Å². The van der Waals surface area contributed by atoms with Crippen LogP contribution in [-0.2, 0) is 9.53 Å². The van der Waals surface area contributed by atoms with Crippen molar-refractivity contribution in [2.24, 2.45) is 5.92 Å². The van der Waals surface area contributed by atoms with Crippen LogP contribution < -0.4 is 0 Å². The van der Waals surface area contributed by atoms with Crippen LogP contribution in [-0.4, -0.2) is 11.6 Å². The molecule has 2 atom stereocenters. The Morgan fingerprint density at radius 3 is 2.32 bits per heavy atom. The molecule has 108 valence electrons. The van der Waals surface area contributed by atoms with Crippen molar-refractivity contribution in [3.8, 4) is 0 Å². The van der Waals surface area contributed by atoms with Crippen molar-refractivity contribution in [3.63, 3.8) is 0 Å². The summed E-state index contributed by atoms with van der Waals surface area (Å²) in [7, 11) is 0. The van der Waals surface area contributed by atoms with E-state index >= 15 is 0 Å². The van der Waals surface area contributed by atoms with Crippen LogP contribution in [0.4, 0.5) is 0 Å². The van der Waals surface area contributed by atoms with E-state index in [9.17, 15) is 4.79 Å². The summed E-state index contributed by atoms with van der Waals surface area (Å²) in [5.41, 5.74) is -0.177. The zero-order valence-electron chi connectivity index (χ0n) is 12.2. The number of carbonyl (C=O) groups excluding carboxylic acids is 1. The monoisotopic (exact) mass is 264 g/mol. The predicted molar refractivity (Wildman–Crippen MR) is 77.9 cm³/mol. The Balaban J connectivity index is 2.11. The Labute approximate surface area is 117 Å². The Bertz CT molecular complexity index is 310. The molecule has 0 N–H and O–H groups in total. The lowest BCUT2D eigenvalue weighted by Gasteiger charge is -2.35. The van der Waals surface area contributed by atoms with Gasteiger partial charge in [-0.05, 0) is 38.0 Å². The first-order valence-corrected chi connectivity index (χ1v) is 8.09. The van der Waals surface area contributed by atoms with Gasteiger partial charge in [-0.3, -0.25) is 0 Å². The van der Waals surface area contributed by atoms with Gasteiger partial charge in [0, 0.05) is 6.08 Å². The number of ether oxygens (including phenoxy) is 1. The highest BCUT2D eigenvalue weighted by atomic mass is 16.6. The lowest BCUT2D eigenvalue weighted by Crippen LogP contribution is -2.36. The van der Waals surface area contributed by atoms with Gasteiger partial charge in [-0.2, -0.15) is 0 Å². The minimum Gasteiger partial charge on any atom is -0.456 e. The van der Waals surface area contributed by atoms with E-state index in [0.717, 1.165) is 25.2 Å². The SMILES string of the molecule is C=CC(=O)OC12CCCCCCCC(CCCC1)C2. The van der Waals surface area contributed by atoms with Crippen molar-refractivity contribution in [1.82, 2.24) is 0 Å². The Morgan fingerprint density at radius 2 is 1.58 bits per heavy atom. The average Bonchev–Trinajstić information content (AvgIpc) is 2.60. The second-order valence-electron chi connectivity index (χ2n) is 6.43. The topological polar surface area (TPSA) is 26.3 Å². The molecule has 0 saturated heterocycles. The van der Waals surface area contributed by atoms with E-state index in [1.54, 1.807) is 0 Å². The van der Waals surface area contributed by atoms with Gasteiger partial charge in [-0.15, -0.1) is 0 Å². The summed E-state index contributed by atoms with van der Waals surface area (Å²) < 4.78 is 5.85. The number of rotatable bonds is 2. The first-order chi connectivity index (χ1) is 9.24. The highest BCUT2D eigenvalue weighted by Gasteiger charge is 2.37. The first-order valence-electron chi connectivity index (χ1n) is 8.09. The van der Waals surface area contributed by atoms with Crippen molar-refractivity contribution >= 4 is 5.97 Å². The molecular weight excluding hydrogens is 236 g/mol. The van der Waals surface area contributed by atoms with Crippen LogP contribution in [0.5, 0.6) is 0 Å². The summed E-state index contributed by atoms with van der Waals surface area (Å²) in [6, 6.07) is 0. The van der Waals surface area contributed by atoms with Gasteiger partial charge in [0.1, 0.15) is 5.60 Å². The van der Waals surface area contributed by atoms with Crippen LogP contribution >= 0.6 is 0 Å². The molecule has 2 nitrogen and oxygen atoms in total. The molecule has 2 aliphatic carbocycles. The zero-order valence-corrected chi connectivity index (χ0v) is 12.2. The van der Waals surface area contributed by atoms with Crippen molar-refractivity contribution in [1.29, 1.82) is 0 Å². The van der Waals surface area contributed by atoms with Crippen LogP contribution in [0.15, 0.2) is 12.7 Å². The molecule has 2 aliphatic rings. The van der Waals surface area contributed by atoms with Crippen LogP contribution in [0, 0.1) is 5.92 Å². The van der Waals surface area contributed by atoms with E-state index in [1.807, 2.05) is 0 Å². The lowest BCUT2D eigenvalue weighted by atomic mass is 9.81. The number of hydrogen-bond acceptors (Lipinski definition) is 2. The molecule has 2 unspecified atom stereocenters. The van der Waals surface area contributed by atoms with Gasteiger partial charge in [0.2, 0.25) is 0 Å². The minimum absolute atomic E-state index is 0.177. The van der Waals surface area contributed by atoms with E-state index in [2.05, 4.69) is 6.58 Å². The molecule has 0 aromatic heterocycles. The second kappa shape index (κ2) is 7.12. The molecule has 19 heavy (non-hydrogen) atoms. The molecule has 2 bridgehead atoms. The van der Waals surface area contributed by atoms with E-state index < -0.39 is 0 Å². The predicted octanol–water partition coefficient (Wildman–Crippen LogP) is 4.78. The summed E-state index contributed by atoms with van der Waals surface area (Å²) in [5, 5.41) is 0. The largest absolute Gasteiger partial charge is 0.456 e. The number of hydrogen-bond donors (Lipinski definition) is 0. The summed E-state index contributed by atoms with van der Waals surface area (Å²) >= 11 is 0. The molecule has 0 amide bonds. The molecule has 0 aromatic carbocycles.